The van der Waals surface area contributed by atoms with Crippen molar-refractivity contribution in [2.45, 2.75) is 145 Å². The molecule has 4 saturated heterocycles. The van der Waals surface area contributed by atoms with E-state index in [-0.39, 0.29) is 11.8 Å². The Morgan fingerprint density at radius 2 is 0.598 bits per heavy atom. The van der Waals surface area contributed by atoms with Gasteiger partial charge in [0.05, 0.1) is 78.5 Å². The first kappa shape index (κ1) is 94.7. The van der Waals surface area contributed by atoms with E-state index < -0.39 is 45.5 Å². The summed E-state index contributed by atoms with van der Waals surface area (Å²) in [5.74, 6) is 7.57. The number of methoxy groups -OCH3 is 8. The van der Waals surface area contributed by atoms with Crippen LogP contribution < -0.4 is 56.8 Å². The van der Waals surface area contributed by atoms with Gasteiger partial charge in [0.15, 0.2) is 0 Å². The average molecular weight is 1800 g/mol. The summed E-state index contributed by atoms with van der Waals surface area (Å²) in [5.41, 5.74) is 21.1. The summed E-state index contributed by atoms with van der Waals surface area (Å²) in [6, 6.07) is 48.6. The molecule has 8 aromatic rings. The molecule has 0 spiro atoms. The molecule has 24 nitrogen and oxygen atoms in total. The lowest BCUT2D eigenvalue weighted by Gasteiger charge is -2.37. The van der Waals surface area contributed by atoms with E-state index in [0.717, 1.165) is 236 Å². The number of ether oxygens (including phenoxy) is 12. The topological polar surface area (TPSA) is 273 Å². The maximum atomic E-state index is 12.0. The largest absolute Gasteiger partial charge is 0.497 e. The Hall–Kier alpha value is -12.0. The van der Waals surface area contributed by atoms with E-state index in [9.17, 15) is 39.6 Å². The van der Waals surface area contributed by atoms with Crippen molar-refractivity contribution in [3.05, 3.63) is 235 Å². The molecule has 0 radical (unpaired) electrons. The van der Waals surface area contributed by atoms with Crippen molar-refractivity contribution >= 4 is 46.2 Å². The van der Waals surface area contributed by atoms with E-state index in [1.807, 2.05) is 92.7 Å². The van der Waals surface area contributed by atoms with Crippen LogP contribution in [-0.2, 0) is 45.6 Å². The van der Waals surface area contributed by atoms with E-state index in [1.54, 1.807) is 70.7 Å². The second-order valence-corrected chi connectivity index (χ2v) is 37.2. The lowest BCUT2D eigenvalue weighted by molar-refractivity contribution is -0.151. The minimum Gasteiger partial charge on any atom is -0.497 e. The predicted octanol–water partition coefficient (Wildman–Crippen LogP) is 19.2. The Balaban J connectivity index is 0.000000135. The van der Waals surface area contributed by atoms with Crippen molar-refractivity contribution in [1.82, 2.24) is 19.6 Å². The van der Waals surface area contributed by atoms with Gasteiger partial charge in [-0.05, 0) is 269 Å². The number of carbonyl (C=O) groups is 4. The van der Waals surface area contributed by atoms with Gasteiger partial charge < -0.3 is 96.9 Å². The van der Waals surface area contributed by atoms with Gasteiger partial charge in [-0.1, -0.05) is 74.3 Å². The summed E-state index contributed by atoms with van der Waals surface area (Å²) < 4.78 is 68.8. The smallest absolute Gasteiger partial charge is 0.311 e. The van der Waals surface area contributed by atoms with Gasteiger partial charge in [0.1, 0.15) is 95.4 Å². The molecule has 24 heteroatoms. The molecular formula is C108H128N4O20. The fraction of sp³-hybridized carbons (Fsp3) is 0.444. The highest BCUT2D eigenvalue weighted by Crippen LogP contribution is 2.60. The van der Waals surface area contributed by atoms with Gasteiger partial charge in [0, 0.05) is 123 Å². The number of piperidine rings is 4. The molecule has 8 aliphatic heterocycles. The molecule has 2 unspecified atom stereocenters. The molecule has 0 bridgehead atoms. The Morgan fingerprint density at radius 3 is 0.833 bits per heavy atom. The normalized spacial score (nSPS) is 19.6. The highest BCUT2D eigenvalue weighted by atomic mass is 16.5. The molecule has 18 rings (SSSR count). The van der Waals surface area contributed by atoms with Crippen LogP contribution in [0.3, 0.4) is 0 Å². The van der Waals surface area contributed by atoms with Crippen LogP contribution in [-0.4, -0.2) is 199 Å². The number of nitrogens with zero attached hydrogens (tertiary/aromatic N) is 4. The van der Waals surface area contributed by atoms with Crippen LogP contribution in [0.2, 0.25) is 0 Å². The maximum Gasteiger partial charge on any atom is 0.311 e. The Morgan fingerprint density at radius 1 is 0.341 bits per heavy atom. The van der Waals surface area contributed by atoms with Gasteiger partial charge in [-0.2, -0.15) is 0 Å². The highest BCUT2D eigenvalue weighted by Gasteiger charge is 2.65. The van der Waals surface area contributed by atoms with Gasteiger partial charge in [-0.3, -0.25) is 19.2 Å². The zero-order valence-electron chi connectivity index (χ0n) is 78.9. The number of likely N-dealkylation sites (tertiary alicyclic amines) is 4. The first-order valence-corrected chi connectivity index (χ1v) is 46.3. The third-order valence-corrected chi connectivity index (χ3v) is 29.5. The minimum absolute atomic E-state index is 0.227. The number of hydrogen-bond acceptors (Lipinski definition) is 20. The molecule has 0 aromatic heterocycles. The number of aliphatic carboxylic acids is 4. The number of fused-ring (bicyclic) bond motifs is 8. The van der Waals surface area contributed by atoms with Crippen LogP contribution >= 0.6 is 0 Å². The van der Waals surface area contributed by atoms with Crippen molar-refractivity contribution in [2.24, 2.45) is 33.5 Å². The second kappa shape index (κ2) is 40.6. The predicted molar refractivity (Wildman–Crippen MR) is 508 cm³/mol. The molecule has 2 atom stereocenters. The summed E-state index contributed by atoms with van der Waals surface area (Å²) in [6.07, 6.45) is 10.0. The summed E-state index contributed by atoms with van der Waals surface area (Å²) in [7, 11) is 13.4. The van der Waals surface area contributed by atoms with E-state index in [1.165, 1.54) is 61.3 Å². The lowest BCUT2D eigenvalue weighted by Crippen LogP contribution is -2.44. The molecule has 700 valence electrons. The van der Waals surface area contributed by atoms with Crippen LogP contribution in [0.15, 0.2) is 168 Å². The van der Waals surface area contributed by atoms with Gasteiger partial charge in [0.2, 0.25) is 0 Å². The minimum atomic E-state index is -0.760. The number of rotatable bonds is 22. The van der Waals surface area contributed by atoms with E-state index in [4.69, 9.17) is 56.8 Å². The maximum absolute atomic E-state index is 12.0. The van der Waals surface area contributed by atoms with Crippen LogP contribution in [0.5, 0.6) is 69.0 Å². The molecule has 0 amide bonds. The van der Waals surface area contributed by atoms with Crippen LogP contribution in [0.25, 0.3) is 22.3 Å². The molecular weight excluding hydrogens is 1670 g/mol. The third kappa shape index (κ3) is 19.9. The number of hydrogen-bond donors (Lipinski definition) is 4. The molecule has 6 fully saturated rings. The van der Waals surface area contributed by atoms with Gasteiger partial charge in [-0.25, -0.2) is 0 Å². The molecule has 2 saturated carbocycles. The zero-order valence-corrected chi connectivity index (χ0v) is 78.9. The van der Waals surface area contributed by atoms with E-state index in [2.05, 4.69) is 100 Å². The summed E-state index contributed by atoms with van der Waals surface area (Å²) in [4.78, 5) is 56.5. The van der Waals surface area contributed by atoms with Crippen molar-refractivity contribution in [3.63, 3.8) is 0 Å². The standard InChI is InChI=1S/C28H33NO5.C28H35NO5.C26H29NO5.C26H31NO5/c1-17-18(2)28(17,27(30)31)16-29-11-9-19(10-12-29)26-23-7-5-21(32-3)13-20(23)15-34-25-8-6-22(33-4)14-24(25)26;1-5-28(6-2,27(30)31)18-29-13-11-19(12-14-29)26-23-9-7-21(32-3)15-20(23)17-34-25-10-8-22(33-4)16-24(25)26;1-30-19-3-5-21-18(13-19)15-32-23-6-4-20(31-2)14-22(23)24(21)17-7-11-27(12-8-17)16-26(9-10-26)25(28)29;1-26(2,25(28)29)16-27-11-9-17(10-12-27)24-21-7-5-19(30-3)13-18(21)15-32-23-8-6-20(31-4)14-22(23)24/h5-8,13-14,17-18H,9-12,15-16H2,1-4H3,(H,30,31);7-10,15-16H,5-6,11-14,17-18H2,1-4H3,(H,30,31);3-6,13-14H,7-12,15-16H2,1-2H3,(H,28,29);5-8,13-14H,9-12,15-16H2,1-4H3,(H,28,29). The first-order chi connectivity index (χ1) is 63.7. The molecule has 8 aromatic carbocycles. The summed E-state index contributed by atoms with van der Waals surface area (Å²) in [5, 5.41) is 38.8. The van der Waals surface area contributed by atoms with Crippen molar-refractivity contribution in [3.8, 4) is 69.0 Å². The number of carboxylic acids is 4. The first-order valence-electron chi connectivity index (χ1n) is 46.3. The molecule has 8 heterocycles. The monoisotopic (exact) mass is 1800 g/mol. The molecule has 4 N–H and O–H groups in total. The Labute approximate surface area is 775 Å². The third-order valence-electron chi connectivity index (χ3n) is 29.5. The van der Waals surface area contributed by atoms with Crippen molar-refractivity contribution in [1.29, 1.82) is 0 Å². The van der Waals surface area contributed by atoms with E-state index >= 15 is 0 Å². The average Bonchev–Trinajstić information content (AvgIpc) is 1.55. The highest BCUT2D eigenvalue weighted by molar-refractivity contribution is 5.92. The molecule has 2 aliphatic carbocycles. The number of carboxylic acid groups (broad SMARTS) is 4. The fourth-order valence-corrected chi connectivity index (χ4v) is 20.6. The van der Waals surface area contributed by atoms with Crippen molar-refractivity contribution < 1.29 is 96.4 Å². The van der Waals surface area contributed by atoms with Crippen molar-refractivity contribution in [2.75, 3.05) is 135 Å². The van der Waals surface area contributed by atoms with Crippen LogP contribution in [0.4, 0.5) is 0 Å². The quantitative estimate of drug-likeness (QED) is 0.0491. The Bertz CT molecular complexity index is 5410. The van der Waals surface area contributed by atoms with Gasteiger partial charge in [-0.15, -0.1) is 0 Å². The lowest BCUT2D eigenvalue weighted by atomic mass is 9.81. The van der Waals surface area contributed by atoms with Gasteiger partial charge in [0.25, 0.3) is 0 Å². The molecule has 132 heavy (non-hydrogen) atoms. The van der Waals surface area contributed by atoms with Gasteiger partial charge >= 0.3 is 23.9 Å². The Kier molecular flexibility index (Phi) is 29.1. The van der Waals surface area contributed by atoms with E-state index in [0.29, 0.717) is 65.4 Å². The SMILES string of the molecule is CCC(CC)(CN1CCC(=C2c3ccc(OC)cc3COc3ccc(OC)cc32)CC1)C(=O)O.COc1ccc2c(c1)COc1ccc(OC)cc1C2=C1CCN(CC(C)(C)C(=O)O)CC1.COc1ccc2c(c1)COc1ccc(OC)cc1C2=C1CCN(CC2(C(=O)O)C(C)C2C)CC1.COc1ccc2c(c1)COc1ccc(OC)cc1C2=C1CCN(CC2(C(=O)O)CC2)CC1. The second-order valence-electron chi connectivity index (χ2n) is 37.2. The summed E-state index contributed by atoms with van der Waals surface area (Å²) in [6.45, 7) is 22.9. The fourth-order valence-electron chi connectivity index (χ4n) is 20.6. The van der Waals surface area contributed by atoms with Crippen LogP contribution in [0, 0.1) is 33.5 Å². The zero-order chi connectivity index (χ0) is 93.5. The van der Waals surface area contributed by atoms with Crippen LogP contribution in [0.1, 0.15) is 185 Å². The number of benzene rings is 8. The molecule has 10 aliphatic rings. The summed E-state index contributed by atoms with van der Waals surface area (Å²) >= 11 is 0.